The van der Waals surface area contributed by atoms with Crippen LogP contribution in [0, 0.1) is 0 Å². The quantitative estimate of drug-likeness (QED) is 0.880. The van der Waals surface area contributed by atoms with Crippen LogP contribution in [0.2, 0.25) is 0 Å². The average molecular weight is 357 g/mol. The van der Waals surface area contributed by atoms with E-state index >= 15 is 0 Å². The zero-order valence-corrected chi connectivity index (χ0v) is 14.1. The zero-order valence-electron chi connectivity index (χ0n) is 14.1. The number of carbonyl (C=O) groups is 1. The highest BCUT2D eigenvalue weighted by Gasteiger charge is 2.21. The number of anilines is 1. The molecule has 0 saturated carbocycles. The molecule has 1 aromatic heterocycles. The molecule has 1 aromatic carbocycles. The van der Waals surface area contributed by atoms with Crippen molar-refractivity contribution in [2.45, 2.75) is 6.54 Å². The lowest BCUT2D eigenvalue weighted by atomic mass is 10.2. The molecule has 2 aliphatic rings. The summed E-state index contributed by atoms with van der Waals surface area (Å²) in [5.74, 6) is 1.81. The summed E-state index contributed by atoms with van der Waals surface area (Å²) < 4.78 is 10.7. The van der Waals surface area contributed by atoms with Crippen molar-refractivity contribution in [2.75, 3.05) is 38.3 Å². The highest BCUT2D eigenvalue weighted by molar-refractivity contribution is 5.81. The average Bonchev–Trinajstić information content (AvgIpc) is 3.12. The van der Waals surface area contributed by atoms with Gasteiger partial charge in [-0.3, -0.25) is 10.2 Å². The second-order valence-electron chi connectivity index (χ2n) is 5.97. The minimum Gasteiger partial charge on any atom is -0.454 e. The molecule has 136 valence electrons. The largest absolute Gasteiger partial charge is 0.454 e. The summed E-state index contributed by atoms with van der Waals surface area (Å²) in [5.41, 5.74) is 1.17. The number of nitrogens with one attached hydrogen (secondary N) is 1. The number of carbonyl (C=O) groups excluding carboxylic acids is 1. The number of amides is 1. The maximum atomic E-state index is 11.9. The molecule has 0 radical (unpaired) electrons. The van der Waals surface area contributed by atoms with E-state index in [1.165, 1.54) is 5.56 Å². The monoisotopic (exact) mass is 357 g/mol. The first-order valence-corrected chi connectivity index (χ1v) is 8.38. The molecule has 2 aromatic rings. The molecule has 1 fully saturated rings. The van der Waals surface area contributed by atoms with Crippen molar-refractivity contribution in [3.63, 3.8) is 0 Å². The molecule has 1 saturated heterocycles. The molecule has 0 spiro atoms. The van der Waals surface area contributed by atoms with E-state index < -0.39 is 6.09 Å². The fourth-order valence-corrected chi connectivity index (χ4v) is 2.87. The van der Waals surface area contributed by atoms with Gasteiger partial charge in [0.15, 0.2) is 11.5 Å². The molecule has 9 nitrogen and oxygen atoms in total. The summed E-state index contributed by atoms with van der Waals surface area (Å²) >= 11 is 0. The Balaban J connectivity index is 1.23. The van der Waals surface area contributed by atoms with Gasteiger partial charge in [-0.25, -0.2) is 14.8 Å². The van der Waals surface area contributed by atoms with Crippen molar-refractivity contribution < 1.29 is 19.1 Å². The van der Waals surface area contributed by atoms with Gasteiger partial charge in [0.25, 0.3) is 0 Å². The molecular weight excluding hydrogens is 338 g/mol. The van der Waals surface area contributed by atoms with E-state index in [9.17, 15) is 4.79 Å². The van der Waals surface area contributed by atoms with Gasteiger partial charge in [0.2, 0.25) is 12.7 Å². The molecule has 0 atom stereocenters. The van der Waals surface area contributed by atoms with Gasteiger partial charge in [-0.05, 0) is 23.8 Å². The summed E-state index contributed by atoms with van der Waals surface area (Å²) in [7, 11) is 0. The predicted molar refractivity (Wildman–Crippen MR) is 91.6 cm³/mol. The van der Waals surface area contributed by atoms with Crippen LogP contribution in [-0.4, -0.2) is 59.0 Å². The number of hydrogen-bond donors (Lipinski definition) is 1. The molecule has 1 N–H and O–H groups in total. The zero-order chi connectivity index (χ0) is 17.8. The molecular formula is C17H19N5O4. The first kappa shape index (κ1) is 16.6. The molecule has 0 aliphatic carbocycles. The number of hydrogen-bond acceptors (Lipinski definition) is 8. The molecule has 26 heavy (non-hydrogen) atoms. The molecule has 9 heteroatoms. The van der Waals surface area contributed by atoms with E-state index in [0.29, 0.717) is 13.1 Å². The Morgan fingerprint density at radius 3 is 2.69 bits per heavy atom. The van der Waals surface area contributed by atoms with Crippen LogP contribution in [0.1, 0.15) is 5.56 Å². The standard InChI is InChI=1S/C17H19N5O4/c23-17(20-16-18-4-1-5-19-16)26-22-8-6-21(7-9-22)11-13-2-3-14-15(10-13)25-12-24-14/h1-5,10H,6-9,11-12H2,(H,18,19,20,23). The van der Waals surface area contributed by atoms with Crippen molar-refractivity contribution in [3.05, 3.63) is 42.2 Å². The molecule has 4 rings (SSSR count). The predicted octanol–water partition coefficient (Wildman–Crippen LogP) is 1.49. The summed E-state index contributed by atoms with van der Waals surface area (Å²) in [6.07, 6.45) is 2.52. The van der Waals surface area contributed by atoms with Gasteiger partial charge in [0.1, 0.15) is 0 Å². The van der Waals surface area contributed by atoms with Crippen LogP contribution in [0.25, 0.3) is 0 Å². The number of rotatable bonds is 4. The fourth-order valence-electron chi connectivity index (χ4n) is 2.87. The Morgan fingerprint density at radius 1 is 1.12 bits per heavy atom. The summed E-state index contributed by atoms with van der Waals surface area (Å²) in [4.78, 5) is 27.3. The molecule has 0 unspecified atom stereocenters. The number of aromatic nitrogens is 2. The van der Waals surface area contributed by atoms with Crippen LogP contribution < -0.4 is 14.8 Å². The second kappa shape index (κ2) is 7.54. The molecule has 1 amide bonds. The summed E-state index contributed by atoms with van der Waals surface area (Å²) in [6, 6.07) is 7.67. The van der Waals surface area contributed by atoms with Crippen molar-refractivity contribution in [2.24, 2.45) is 0 Å². The van der Waals surface area contributed by atoms with Gasteiger partial charge in [-0.2, -0.15) is 0 Å². The Labute approximate surface area is 150 Å². The first-order valence-electron chi connectivity index (χ1n) is 8.38. The van der Waals surface area contributed by atoms with Crippen LogP contribution in [0.15, 0.2) is 36.7 Å². The smallest absolute Gasteiger partial charge is 0.433 e. The number of benzene rings is 1. The maximum absolute atomic E-state index is 11.9. The number of hydroxylamine groups is 2. The number of nitrogens with zero attached hydrogens (tertiary/aromatic N) is 4. The third-order valence-corrected chi connectivity index (χ3v) is 4.17. The summed E-state index contributed by atoms with van der Waals surface area (Å²) in [6.45, 7) is 3.95. The van der Waals surface area contributed by atoms with Crippen LogP contribution >= 0.6 is 0 Å². The number of ether oxygens (including phenoxy) is 2. The summed E-state index contributed by atoms with van der Waals surface area (Å²) in [5, 5.41) is 4.15. The lowest BCUT2D eigenvalue weighted by Crippen LogP contribution is -2.47. The van der Waals surface area contributed by atoms with E-state index in [2.05, 4.69) is 20.2 Å². The van der Waals surface area contributed by atoms with Crippen LogP contribution in [0.4, 0.5) is 10.7 Å². The highest BCUT2D eigenvalue weighted by atomic mass is 16.7. The van der Waals surface area contributed by atoms with Crippen LogP contribution in [0.3, 0.4) is 0 Å². The van der Waals surface area contributed by atoms with Gasteiger partial charge in [-0.15, -0.1) is 5.06 Å². The number of piperazine rings is 1. The normalized spacial score (nSPS) is 17.1. The van der Waals surface area contributed by atoms with Gasteiger partial charge >= 0.3 is 6.09 Å². The van der Waals surface area contributed by atoms with Crippen molar-refractivity contribution in [1.29, 1.82) is 0 Å². The highest BCUT2D eigenvalue weighted by Crippen LogP contribution is 2.32. The number of fused-ring (bicyclic) bond motifs is 1. The Kier molecular flexibility index (Phi) is 4.80. The van der Waals surface area contributed by atoms with E-state index in [1.54, 1.807) is 23.5 Å². The maximum Gasteiger partial charge on any atom is 0.433 e. The van der Waals surface area contributed by atoms with Crippen molar-refractivity contribution >= 4 is 12.0 Å². The van der Waals surface area contributed by atoms with E-state index in [1.807, 2.05) is 18.2 Å². The SMILES string of the molecule is O=C(Nc1ncccn1)ON1CCN(Cc2ccc3c(c2)OCO3)CC1. The Bertz CT molecular complexity index is 765. The lowest BCUT2D eigenvalue weighted by molar-refractivity contribution is -0.119. The fraction of sp³-hybridized carbons (Fsp3) is 0.353. The van der Waals surface area contributed by atoms with Gasteiger partial charge < -0.3 is 14.3 Å². The molecule has 0 bridgehead atoms. The third-order valence-electron chi connectivity index (χ3n) is 4.17. The van der Waals surface area contributed by atoms with Crippen molar-refractivity contribution in [1.82, 2.24) is 19.9 Å². The Morgan fingerprint density at radius 2 is 1.88 bits per heavy atom. The molecule has 2 aliphatic heterocycles. The lowest BCUT2D eigenvalue weighted by Gasteiger charge is -2.33. The van der Waals surface area contributed by atoms with E-state index in [0.717, 1.165) is 31.1 Å². The van der Waals surface area contributed by atoms with E-state index in [-0.39, 0.29) is 12.7 Å². The minimum absolute atomic E-state index is 0.221. The third kappa shape index (κ3) is 4.01. The van der Waals surface area contributed by atoms with Gasteiger partial charge in [0, 0.05) is 45.1 Å². The topological polar surface area (TPSA) is 89.0 Å². The van der Waals surface area contributed by atoms with Crippen molar-refractivity contribution in [3.8, 4) is 11.5 Å². The van der Waals surface area contributed by atoms with Crippen LogP contribution in [-0.2, 0) is 11.4 Å². The first-order chi connectivity index (χ1) is 12.8. The molecule has 3 heterocycles. The van der Waals surface area contributed by atoms with Crippen LogP contribution in [0.5, 0.6) is 11.5 Å². The Hall–Kier alpha value is -2.91. The second-order valence-corrected chi connectivity index (χ2v) is 5.97. The van der Waals surface area contributed by atoms with E-state index in [4.69, 9.17) is 14.3 Å². The van der Waals surface area contributed by atoms with Gasteiger partial charge in [-0.1, -0.05) is 6.07 Å². The van der Waals surface area contributed by atoms with Gasteiger partial charge in [0.05, 0.1) is 0 Å². The minimum atomic E-state index is -0.583.